The summed E-state index contributed by atoms with van der Waals surface area (Å²) in [7, 11) is -15.3. The van der Waals surface area contributed by atoms with Gasteiger partial charge in [-0.25, -0.2) is 9.18 Å². The van der Waals surface area contributed by atoms with Crippen LogP contribution in [0, 0.1) is 5.82 Å². The lowest BCUT2D eigenvalue weighted by Crippen LogP contribution is -2.25. The van der Waals surface area contributed by atoms with Gasteiger partial charge in [-0.3, -0.25) is 13.7 Å². The second-order valence-electron chi connectivity index (χ2n) is 10.0. The van der Waals surface area contributed by atoms with Crippen molar-refractivity contribution in [1.29, 1.82) is 0 Å². The fourth-order valence-corrected chi connectivity index (χ4v) is 6.20. The van der Waals surface area contributed by atoms with Crippen LogP contribution in [0.3, 0.4) is 0 Å². The van der Waals surface area contributed by atoms with Crippen molar-refractivity contribution < 1.29 is 48.1 Å². The monoisotopic (exact) mass is 711 g/mol. The SMILES string of the molecule is CC(N)CNc1cc(F)cc(Nc2ccc(N=Nc3cc4c(S(=O)(=O)O)cc(S(=O)(=O)O)cc4cc3S(=O)(=O)O)c(NC(N)=O)c2)c1. The van der Waals surface area contributed by atoms with Crippen LogP contribution in [0.15, 0.2) is 85.6 Å². The van der Waals surface area contributed by atoms with Crippen LogP contribution in [-0.4, -0.2) is 57.5 Å². The first kappa shape index (κ1) is 35.1. The Bertz CT molecular complexity index is 2260. The topological polar surface area (TPSA) is 293 Å². The molecule has 0 saturated carbocycles. The van der Waals surface area contributed by atoms with Crippen LogP contribution in [0.1, 0.15) is 6.92 Å². The first-order chi connectivity index (χ1) is 21.7. The van der Waals surface area contributed by atoms with Gasteiger partial charge in [-0.2, -0.15) is 25.3 Å². The molecule has 0 bridgehead atoms. The van der Waals surface area contributed by atoms with Gasteiger partial charge in [0.15, 0.2) is 0 Å². The Kier molecular flexibility index (Phi) is 9.82. The molecule has 0 heterocycles. The van der Waals surface area contributed by atoms with Crippen molar-refractivity contribution in [2.75, 3.05) is 22.5 Å². The summed E-state index contributed by atoms with van der Waals surface area (Å²) in [5.74, 6) is -0.570. The van der Waals surface area contributed by atoms with Crippen LogP contribution in [0.25, 0.3) is 10.8 Å². The summed E-state index contributed by atoms with van der Waals surface area (Å²) in [6, 6.07) is 9.41. The van der Waals surface area contributed by atoms with Crippen LogP contribution in [0.4, 0.5) is 43.3 Å². The molecule has 0 fully saturated rings. The fourth-order valence-electron chi connectivity index (χ4n) is 4.22. The first-order valence-corrected chi connectivity index (χ1v) is 17.3. The van der Waals surface area contributed by atoms with Crippen LogP contribution in [0.2, 0.25) is 0 Å². The van der Waals surface area contributed by atoms with Crippen molar-refractivity contribution >= 4 is 81.3 Å². The van der Waals surface area contributed by atoms with Crippen molar-refractivity contribution in [3.63, 3.8) is 0 Å². The van der Waals surface area contributed by atoms with Gasteiger partial charge in [-0.1, -0.05) is 0 Å². The molecule has 250 valence electrons. The molecule has 4 aromatic carbocycles. The zero-order valence-corrected chi connectivity index (χ0v) is 26.4. The average Bonchev–Trinajstić information content (AvgIpc) is 2.92. The second kappa shape index (κ2) is 13.2. The molecule has 4 aromatic rings. The number of anilines is 4. The third kappa shape index (κ3) is 8.94. The highest BCUT2D eigenvalue weighted by Gasteiger charge is 2.24. The molecule has 0 spiro atoms. The number of benzene rings is 4. The van der Waals surface area contributed by atoms with E-state index in [0.29, 0.717) is 41.8 Å². The molecule has 17 nitrogen and oxygen atoms in total. The summed E-state index contributed by atoms with van der Waals surface area (Å²) in [6.07, 6.45) is 0. The van der Waals surface area contributed by atoms with E-state index in [-0.39, 0.29) is 17.4 Å². The standard InChI is InChI=1S/C26H26FN7O10S3/c1-13(28)12-30-17-6-15(27)7-18(8-17)31-16-2-3-21(22(9-16)32-26(29)35)33-34-23-11-20-14(5-25(23)47(42,43)44)4-19(45(36,37)38)10-24(20)46(39,40)41/h2-11,13,30-31H,12,28H2,1H3,(H3,29,32,35)(H,36,37,38)(H,39,40,41)(H,42,43,44). The quantitative estimate of drug-likeness (QED) is 0.0803. The number of fused-ring (bicyclic) bond motifs is 1. The van der Waals surface area contributed by atoms with Gasteiger partial charge in [0.05, 0.1) is 10.6 Å². The van der Waals surface area contributed by atoms with Crippen molar-refractivity contribution in [2.24, 2.45) is 21.7 Å². The summed E-state index contributed by atoms with van der Waals surface area (Å²) < 4.78 is 115. The van der Waals surface area contributed by atoms with Gasteiger partial charge >= 0.3 is 6.03 Å². The molecule has 2 amide bonds. The summed E-state index contributed by atoms with van der Waals surface area (Å²) in [4.78, 5) is 8.73. The molecule has 0 radical (unpaired) electrons. The number of carbonyl (C=O) groups is 1. The van der Waals surface area contributed by atoms with Gasteiger partial charge in [-0.05, 0) is 73.0 Å². The molecule has 0 saturated heterocycles. The third-order valence-electron chi connectivity index (χ3n) is 6.16. The molecule has 0 aliphatic heterocycles. The minimum Gasteiger partial charge on any atom is -0.383 e. The van der Waals surface area contributed by atoms with E-state index >= 15 is 0 Å². The molecular weight excluding hydrogens is 686 g/mol. The fraction of sp³-hybridized carbons (Fsp3) is 0.115. The first-order valence-electron chi connectivity index (χ1n) is 12.9. The highest BCUT2D eigenvalue weighted by Crippen LogP contribution is 2.37. The molecule has 21 heteroatoms. The third-order valence-corrected chi connectivity index (χ3v) is 8.76. The Hall–Kier alpha value is -4.77. The number of nitrogens with one attached hydrogen (secondary N) is 3. The van der Waals surface area contributed by atoms with Gasteiger partial charge < -0.3 is 27.4 Å². The Morgan fingerprint density at radius 1 is 0.809 bits per heavy atom. The van der Waals surface area contributed by atoms with E-state index in [0.717, 1.165) is 6.07 Å². The van der Waals surface area contributed by atoms with E-state index in [9.17, 15) is 48.1 Å². The number of nitrogens with zero attached hydrogens (tertiary/aromatic N) is 2. The van der Waals surface area contributed by atoms with Crippen LogP contribution >= 0.6 is 0 Å². The number of urea groups is 1. The van der Waals surface area contributed by atoms with E-state index in [1.165, 1.54) is 30.3 Å². The largest absolute Gasteiger partial charge is 0.383 e. The summed E-state index contributed by atoms with van der Waals surface area (Å²) >= 11 is 0. The van der Waals surface area contributed by atoms with Gasteiger partial charge in [0.2, 0.25) is 0 Å². The lowest BCUT2D eigenvalue weighted by Gasteiger charge is -2.14. The summed E-state index contributed by atoms with van der Waals surface area (Å²) in [5.41, 5.74) is 11.2. The molecule has 1 unspecified atom stereocenters. The summed E-state index contributed by atoms with van der Waals surface area (Å²) in [5, 5.41) is 15.0. The number of hydrogen-bond donors (Lipinski definition) is 8. The number of primary amides is 1. The van der Waals surface area contributed by atoms with E-state index < -0.39 is 73.3 Å². The number of halogens is 1. The number of nitrogens with two attached hydrogens (primary N) is 2. The van der Waals surface area contributed by atoms with E-state index in [1.54, 1.807) is 13.0 Å². The van der Waals surface area contributed by atoms with Crippen LogP contribution in [0.5, 0.6) is 0 Å². The Labute approximate surface area is 267 Å². The molecule has 0 aromatic heterocycles. The van der Waals surface area contributed by atoms with E-state index in [1.807, 2.05) is 0 Å². The predicted octanol–water partition coefficient (Wildman–Crippen LogP) is 4.13. The lowest BCUT2D eigenvalue weighted by molar-refractivity contribution is 0.259. The molecule has 47 heavy (non-hydrogen) atoms. The number of rotatable bonds is 11. The van der Waals surface area contributed by atoms with E-state index in [4.69, 9.17) is 11.5 Å². The zero-order valence-electron chi connectivity index (χ0n) is 23.9. The maximum Gasteiger partial charge on any atom is 0.316 e. The van der Waals surface area contributed by atoms with Crippen molar-refractivity contribution in [3.8, 4) is 0 Å². The van der Waals surface area contributed by atoms with Gasteiger partial charge in [0, 0.05) is 35.0 Å². The smallest absolute Gasteiger partial charge is 0.316 e. The highest BCUT2D eigenvalue weighted by atomic mass is 32.2. The predicted molar refractivity (Wildman–Crippen MR) is 169 cm³/mol. The molecule has 0 aliphatic carbocycles. The van der Waals surface area contributed by atoms with Gasteiger partial charge in [-0.15, -0.1) is 10.2 Å². The van der Waals surface area contributed by atoms with Gasteiger partial charge in [0.1, 0.15) is 27.0 Å². The minimum atomic E-state index is -5.17. The number of hydrogen-bond acceptors (Lipinski definition) is 12. The normalized spacial score (nSPS) is 13.1. The van der Waals surface area contributed by atoms with E-state index in [2.05, 4.69) is 26.2 Å². The Morgan fingerprint density at radius 2 is 1.45 bits per heavy atom. The van der Waals surface area contributed by atoms with Crippen molar-refractivity contribution in [3.05, 3.63) is 66.5 Å². The second-order valence-corrected chi connectivity index (χ2v) is 14.2. The number of amides is 2. The number of carbonyl (C=O) groups excluding carboxylic acids is 1. The highest BCUT2D eigenvalue weighted by molar-refractivity contribution is 7.87. The van der Waals surface area contributed by atoms with Crippen molar-refractivity contribution in [2.45, 2.75) is 27.7 Å². The maximum atomic E-state index is 14.3. The Balaban J connectivity index is 1.81. The van der Waals surface area contributed by atoms with Crippen molar-refractivity contribution in [1.82, 2.24) is 0 Å². The molecular formula is C26H26FN7O10S3. The van der Waals surface area contributed by atoms with Crippen LogP contribution < -0.4 is 27.4 Å². The number of azo groups is 1. The minimum absolute atomic E-state index is 0.0800. The van der Waals surface area contributed by atoms with Gasteiger partial charge in [0.25, 0.3) is 30.4 Å². The molecule has 10 N–H and O–H groups in total. The zero-order chi connectivity index (χ0) is 34.9. The lowest BCUT2D eigenvalue weighted by atomic mass is 10.1. The summed E-state index contributed by atoms with van der Waals surface area (Å²) in [6.45, 7) is 2.13. The Morgan fingerprint density at radius 3 is 2.04 bits per heavy atom. The average molecular weight is 712 g/mol. The maximum absolute atomic E-state index is 14.3. The molecule has 0 aliphatic rings. The molecule has 4 rings (SSSR count). The van der Waals surface area contributed by atoms with Crippen LogP contribution in [-0.2, 0) is 30.4 Å². The molecule has 1 atom stereocenters.